The van der Waals surface area contributed by atoms with Crippen LogP contribution in [0.15, 0.2) is 58.8 Å². The maximum Gasteiger partial charge on any atom is 0.416 e. The molecule has 1 unspecified atom stereocenters. The standard InChI is InChI=1S/C24H25F3S2/c1-15-13-19(29-22(23(3,4)5)20-7-6-12-28-20)14-16(2)21(15)17-8-10-18(11-9-17)24(25,26)27/h6-14,22H,1-5H3. The summed E-state index contributed by atoms with van der Waals surface area (Å²) in [4.78, 5) is 2.54. The van der Waals surface area contributed by atoms with Crippen LogP contribution < -0.4 is 0 Å². The highest BCUT2D eigenvalue weighted by molar-refractivity contribution is 7.99. The second kappa shape index (κ2) is 8.19. The van der Waals surface area contributed by atoms with Gasteiger partial charge in [0, 0.05) is 15.0 Å². The molecule has 3 rings (SSSR count). The number of alkyl halides is 3. The Balaban J connectivity index is 1.93. The molecule has 0 saturated carbocycles. The van der Waals surface area contributed by atoms with Crippen molar-refractivity contribution in [1.29, 1.82) is 0 Å². The molecule has 3 aromatic rings. The van der Waals surface area contributed by atoms with Gasteiger partial charge in [0.15, 0.2) is 0 Å². The van der Waals surface area contributed by atoms with Crippen molar-refractivity contribution in [3.63, 3.8) is 0 Å². The van der Waals surface area contributed by atoms with Crippen LogP contribution in [0, 0.1) is 19.3 Å². The number of thioether (sulfide) groups is 1. The predicted octanol–water partition coefficient (Wildman–Crippen LogP) is 8.93. The van der Waals surface area contributed by atoms with Gasteiger partial charge in [-0.25, -0.2) is 0 Å². The maximum atomic E-state index is 12.9. The lowest BCUT2D eigenvalue weighted by Crippen LogP contribution is -2.14. The average molecular weight is 435 g/mol. The van der Waals surface area contributed by atoms with Gasteiger partial charge in [-0.2, -0.15) is 13.2 Å². The van der Waals surface area contributed by atoms with Gasteiger partial charge in [-0.3, -0.25) is 0 Å². The van der Waals surface area contributed by atoms with Crippen LogP contribution in [0.1, 0.15) is 47.6 Å². The molecular weight excluding hydrogens is 409 g/mol. The summed E-state index contributed by atoms with van der Waals surface area (Å²) in [6, 6.07) is 14.0. The van der Waals surface area contributed by atoms with Crippen molar-refractivity contribution in [2.24, 2.45) is 5.41 Å². The molecule has 0 spiro atoms. The van der Waals surface area contributed by atoms with E-state index in [9.17, 15) is 13.2 Å². The average Bonchev–Trinajstić information content (AvgIpc) is 3.12. The molecule has 0 aliphatic carbocycles. The van der Waals surface area contributed by atoms with Crippen LogP contribution in [0.4, 0.5) is 13.2 Å². The van der Waals surface area contributed by atoms with E-state index in [2.05, 4.69) is 50.4 Å². The fraction of sp³-hybridized carbons (Fsp3) is 0.333. The van der Waals surface area contributed by atoms with Crippen molar-refractivity contribution >= 4 is 23.1 Å². The molecule has 2 aromatic carbocycles. The van der Waals surface area contributed by atoms with Crippen molar-refractivity contribution in [2.45, 2.75) is 50.9 Å². The lowest BCUT2D eigenvalue weighted by Gasteiger charge is -2.30. The Labute approximate surface area is 179 Å². The predicted molar refractivity (Wildman–Crippen MR) is 119 cm³/mol. The lowest BCUT2D eigenvalue weighted by molar-refractivity contribution is -0.137. The van der Waals surface area contributed by atoms with Gasteiger partial charge in [0.1, 0.15) is 0 Å². The Bertz CT molecular complexity index is 940. The minimum Gasteiger partial charge on any atom is -0.166 e. The van der Waals surface area contributed by atoms with Crippen LogP contribution in [-0.2, 0) is 6.18 Å². The fourth-order valence-electron chi connectivity index (χ4n) is 3.51. The van der Waals surface area contributed by atoms with Crippen molar-refractivity contribution < 1.29 is 13.2 Å². The van der Waals surface area contributed by atoms with Gasteiger partial charge in [-0.05, 0) is 77.2 Å². The van der Waals surface area contributed by atoms with Gasteiger partial charge < -0.3 is 0 Å². The van der Waals surface area contributed by atoms with E-state index in [0.29, 0.717) is 5.25 Å². The van der Waals surface area contributed by atoms with Crippen LogP contribution in [0.2, 0.25) is 0 Å². The number of rotatable bonds is 4. The molecular formula is C24H25F3S2. The van der Waals surface area contributed by atoms with Gasteiger partial charge in [0.2, 0.25) is 0 Å². The smallest absolute Gasteiger partial charge is 0.166 e. The van der Waals surface area contributed by atoms with E-state index in [1.165, 1.54) is 9.77 Å². The summed E-state index contributed by atoms with van der Waals surface area (Å²) in [6.45, 7) is 10.8. The number of aryl methyl sites for hydroxylation is 2. The first kappa shape index (κ1) is 22.0. The maximum absolute atomic E-state index is 12.9. The third kappa shape index (κ3) is 5.07. The molecule has 0 N–H and O–H groups in total. The first-order chi connectivity index (χ1) is 13.5. The molecule has 0 radical (unpaired) electrons. The van der Waals surface area contributed by atoms with E-state index in [1.807, 2.05) is 25.6 Å². The Morgan fingerprint density at radius 3 is 1.93 bits per heavy atom. The van der Waals surface area contributed by atoms with Gasteiger partial charge >= 0.3 is 6.18 Å². The Morgan fingerprint density at radius 1 is 0.897 bits per heavy atom. The summed E-state index contributed by atoms with van der Waals surface area (Å²) in [5.74, 6) is 0. The molecule has 29 heavy (non-hydrogen) atoms. The molecule has 0 aliphatic rings. The summed E-state index contributed by atoms with van der Waals surface area (Å²) >= 11 is 3.63. The summed E-state index contributed by atoms with van der Waals surface area (Å²) in [5, 5.41) is 2.44. The van der Waals surface area contributed by atoms with Crippen LogP contribution in [0.3, 0.4) is 0 Å². The monoisotopic (exact) mass is 434 g/mol. The minimum absolute atomic E-state index is 0.101. The first-order valence-electron chi connectivity index (χ1n) is 9.46. The summed E-state index contributed by atoms with van der Waals surface area (Å²) in [7, 11) is 0. The zero-order chi connectivity index (χ0) is 21.4. The summed E-state index contributed by atoms with van der Waals surface area (Å²) in [5.41, 5.74) is 3.45. The molecule has 0 amide bonds. The van der Waals surface area contributed by atoms with E-state index in [0.717, 1.165) is 34.4 Å². The molecule has 1 aromatic heterocycles. The number of halogens is 3. The fourth-order valence-corrected chi connectivity index (χ4v) is 6.08. The Hall–Kier alpha value is -1.72. The normalized spacial score (nSPS) is 13.5. The summed E-state index contributed by atoms with van der Waals surface area (Å²) in [6.07, 6.45) is -4.31. The van der Waals surface area contributed by atoms with Gasteiger partial charge in [-0.15, -0.1) is 23.1 Å². The van der Waals surface area contributed by atoms with Crippen molar-refractivity contribution in [3.8, 4) is 11.1 Å². The minimum atomic E-state index is -4.31. The van der Waals surface area contributed by atoms with E-state index in [-0.39, 0.29) is 5.41 Å². The van der Waals surface area contributed by atoms with Gasteiger partial charge in [-0.1, -0.05) is 39.0 Å². The largest absolute Gasteiger partial charge is 0.416 e. The SMILES string of the molecule is Cc1cc(SC(c2cccs2)C(C)(C)C)cc(C)c1-c1ccc(C(F)(F)F)cc1. The van der Waals surface area contributed by atoms with E-state index < -0.39 is 11.7 Å². The topological polar surface area (TPSA) is 0 Å². The van der Waals surface area contributed by atoms with Crippen molar-refractivity contribution in [1.82, 2.24) is 0 Å². The first-order valence-corrected chi connectivity index (χ1v) is 11.2. The number of thiophene rings is 1. The Kier molecular flexibility index (Phi) is 6.21. The number of benzene rings is 2. The van der Waals surface area contributed by atoms with Gasteiger partial charge in [0.25, 0.3) is 0 Å². The van der Waals surface area contributed by atoms with Crippen molar-refractivity contribution in [3.05, 3.63) is 75.5 Å². The molecule has 1 heterocycles. The van der Waals surface area contributed by atoms with E-state index in [4.69, 9.17) is 0 Å². The summed E-state index contributed by atoms with van der Waals surface area (Å²) < 4.78 is 38.6. The molecule has 0 nitrogen and oxygen atoms in total. The van der Waals surface area contributed by atoms with E-state index in [1.54, 1.807) is 23.5 Å². The Morgan fingerprint density at radius 2 is 1.48 bits per heavy atom. The van der Waals surface area contributed by atoms with Crippen LogP contribution in [-0.4, -0.2) is 0 Å². The third-order valence-electron chi connectivity index (χ3n) is 4.85. The molecule has 0 saturated heterocycles. The zero-order valence-corrected chi connectivity index (χ0v) is 18.9. The zero-order valence-electron chi connectivity index (χ0n) is 17.2. The highest BCUT2D eigenvalue weighted by Gasteiger charge is 2.30. The van der Waals surface area contributed by atoms with Crippen LogP contribution in [0.5, 0.6) is 0 Å². The number of hydrogen-bond acceptors (Lipinski definition) is 2. The van der Waals surface area contributed by atoms with Crippen LogP contribution >= 0.6 is 23.1 Å². The highest BCUT2D eigenvalue weighted by Crippen LogP contribution is 2.49. The quantitative estimate of drug-likeness (QED) is 0.369. The third-order valence-corrected chi connectivity index (χ3v) is 7.64. The molecule has 5 heteroatoms. The van der Waals surface area contributed by atoms with Crippen LogP contribution in [0.25, 0.3) is 11.1 Å². The molecule has 154 valence electrons. The molecule has 0 fully saturated rings. The lowest BCUT2D eigenvalue weighted by atomic mass is 9.91. The molecule has 1 atom stereocenters. The molecule has 0 aliphatic heterocycles. The van der Waals surface area contributed by atoms with Crippen molar-refractivity contribution in [2.75, 3.05) is 0 Å². The second-order valence-electron chi connectivity index (χ2n) is 8.39. The second-order valence-corrected chi connectivity index (χ2v) is 10.5. The molecule has 0 bridgehead atoms. The number of hydrogen-bond donors (Lipinski definition) is 0. The van der Waals surface area contributed by atoms with Gasteiger partial charge in [0.05, 0.1) is 5.56 Å². The van der Waals surface area contributed by atoms with E-state index >= 15 is 0 Å². The highest BCUT2D eigenvalue weighted by atomic mass is 32.2.